The minimum absolute atomic E-state index is 0.120. The highest BCUT2D eigenvalue weighted by Crippen LogP contribution is 2.49. The van der Waals surface area contributed by atoms with Crippen LogP contribution in [0, 0.1) is 5.41 Å². The van der Waals surface area contributed by atoms with E-state index in [-0.39, 0.29) is 10.1 Å². The Kier molecular flexibility index (Phi) is 5.56. The van der Waals surface area contributed by atoms with E-state index < -0.39 is 26.3 Å². The summed E-state index contributed by atoms with van der Waals surface area (Å²) in [5.74, 6) is 0. The Morgan fingerprint density at radius 3 is 1.39 bits per heavy atom. The molecule has 8 heteroatoms. The van der Waals surface area contributed by atoms with Gasteiger partial charge >= 0.3 is 0 Å². The molecule has 2 unspecified atom stereocenters. The summed E-state index contributed by atoms with van der Waals surface area (Å²) >= 11 is 36.6. The fraction of sp³-hybridized carbons (Fsp3) is 0.467. The fourth-order valence-corrected chi connectivity index (χ4v) is 4.11. The molecule has 0 saturated carbocycles. The highest BCUT2D eigenvalue weighted by atomic mass is 35.5. The van der Waals surface area contributed by atoms with E-state index in [9.17, 15) is 10.2 Å². The third-order valence-corrected chi connectivity index (χ3v) is 5.87. The molecule has 2 rings (SSSR count). The molecule has 0 bridgehead atoms. The molecule has 0 saturated heterocycles. The van der Waals surface area contributed by atoms with Crippen molar-refractivity contribution in [3.8, 4) is 0 Å². The number of hydrogen-bond acceptors (Lipinski definition) is 2. The number of aliphatic hydroxyl groups is 2. The van der Waals surface area contributed by atoms with Gasteiger partial charge in [0.1, 0.15) is 12.2 Å². The molecule has 2 atom stereocenters. The Morgan fingerprint density at radius 2 is 1.13 bits per heavy atom. The van der Waals surface area contributed by atoms with Crippen LogP contribution in [-0.2, 0) is 0 Å². The van der Waals surface area contributed by atoms with Crippen molar-refractivity contribution in [2.75, 3.05) is 0 Å². The number of alkyl halides is 4. The average Bonchev–Trinajstić information content (AvgIpc) is 2.40. The maximum absolute atomic E-state index is 9.93. The standard InChI is InChI=1S/C15H14Cl6O2/c1-13(2,7-3-9(16)11(22)14(18,19)5-7)8-4-10(17)12(23)15(20,21)6-8/h3-6,11-12,22-23H,1-2H3. The summed E-state index contributed by atoms with van der Waals surface area (Å²) in [4.78, 5) is 0. The Labute approximate surface area is 164 Å². The van der Waals surface area contributed by atoms with E-state index in [2.05, 4.69) is 0 Å². The molecule has 0 aliphatic heterocycles. The Balaban J connectivity index is 2.51. The van der Waals surface area contributed by atoms with Gasteiger partial charge in [-0.2, -0.15) is 0 Å². The topological polar surface area (TPSA) is 40.5 Å². The summed E-state index contributed by atoms with van der Waals surface area (Å²) in [5.41, 5.74) is 0.639. The number of rotatable bonds is 2. The lowest BCUT2D eigenvalue weighted by Crippen LogP contribution is -2.37. The first-order valence-corrected chi connectivity index (χ1v) is 8.88. The zero-order chi connectivity index (χ0) is 17.8. The van der Waals surface area contributed by atoms with Crippen LogP contribution < -0.4 is 0 Å². The van der Waals surface area contributed by atoms with Crippen LogP contribution in [0.15, 0.2) is 45.5 Å². The molecule has 0 fully saturated rings. The molecule has 0 aromatic rings. The van der Waals surface area contributed by atoms with Crippen molar-refractivity contribution in [3.63, 3.8) is 0 Å². The fourth-order valence-electron chi connectivity index (χ4n) is 2.37. The third-order valence-electron chi connectivity index (χ3n) is 3.98. The first-order valence-electron chi connectivity index (χ1n) is 6.61. The van der Waals surface area contributed by atoms with Crippen LogP contribution in [0.5, 0.6) is 0 Å². The van der Waals surface area contributed by atoms with E-state index >= 15 is 0 Å². The minimum atomic E-state index is -1.56. The monoisotopic (exact) mass is 436 g/mol. The molecule has 0 heterocycles. The molecule has 2 nitrogen and oxygen atoms in total. The minimum Gasteiger partial charge on any atom is -0.384 e. The van der Waals surface area contributed by atoms with Crippen LogP contribution in [0.2, 0.25) is 0 Å². The van der Waals surface area contributed by atoms with Crippen molar-refractivity contribution in [2.24, 2.45) is 5.41 Å². The first-order chi connectivity index (χ1) is 10.3. The maximum atomic E-state index is 9.93. The second-order valence-corrected chi connectivity index (χ2v) is 9.80. The molecule has 0 aromatic heterocycles. The van der Waals surface area contributed by atoms with Gasteiger partial charge in [-0.25, -0.2) is 0 Å². The van der Waals surface area contributed by atoms with Gasteiger partial charge in [-0.3, -0.25) is 0 Å². The van der Waals surface area contributed by atoms with Gasteiger partial charge in [0.2, 0.25) is 0 Å². The Morgan fingerprint density at radius 1 is 0.826 bits per heavy atom. The van der Waals surface area contributed by atoms with Gasteiger partial charge in [-0.1, -0.05) is 83.5 Å². The van der Waals surface area contributed by atoms with Gasteiger partial charge in [0.25, 0.3) is 0 Å². The molecule has 0 aromatic carbocycles. The van der Waals surface area contributed by atoms with Gasteiger partial charge in [0, 0.05) is 5.41 Å². The zero-order valence-electron chi connectivity index (χ0n) is 12.1. The molecular formula is C15H14Cl6O2. The lowest BCUT2D eigenvalue weighted by molar-refractivity contribution is 0.209. The second-order valence-electron chi connectivity index (χ2n) is 6.04. The predicted octanol–water partition coefficient (Wildman–Crippen LogP) is 5.21. The smallest absolute Gasteiger partial charge is 0.167 e. The molecule has 0 amide bonds. The number of allylic oxidation sites excluding steroid dienone is 4. The molecule has 2 N–H and O–H groups in total. The van der Waals surface area contributed by atoms with Gasteiger partial charge < -0.3 is 10.2 Å². The van der Waals surface area contributed by atoms with Crippen molar-refractivity contribution in [1.82, 2.24) is 0 Å². The zero-order valence-corrected chi connectivity index (χ0v) is 16.7. The summed E-state index contributed by atoms with van der Waals surface area (Å²) in [6.45, 7) is 3.74. The van der Waals surface area contributed by atoms with Crippen LogP contribution in [0.25, 0.3) is 0 Å². The number of hydrogen-bond donors (Lipinski definition) is 2. The summed E-state index contributed by atoms with van der Waals surface area (Å²) in [5, 5.41) is 20.1. The van der Waals surface area contributed by atoms with Crippen molar-refractivity contribution in [2.45, 2.75) is 34.7 Å². The molecule has 0 spiro atoms. The van der Waals surface area contributed by atoms with Crippen LogP contribution in [0.1, 0.15) is 13.8 Å². The molecule has 0 radical (unpaired) electrons. The largest absolute Gasteiger partial charge is 0.384 e. The summed E-state index contributed by atoms with van der Waals surface area (Å²) < 4.78 is -3.11. The molecule has 2 aliphatic rings. The highest BCUT2D eigenvalue weighted by molar-refractivity contribution is 6.52. The van der Waals surface area contributed by atoms with Crippen LogP contribution >= 0.6 is 69.6 Å². The lowest BCUT2D eigenvalue weighted by Gasteiger charge is -2.38. The summed E-state index contributed by atoms with van der Waals surface area (Å²) in [6.07, 6.45) is 3.79. The number of halogens is 6. The van der Waals surface area contributed by atoms with E-state index in [1.54, 1.807) is 12.2 Å². The van der Waals surface area contributed by atoms with Crippen LogP contribution in [0.4, 0.5) is 0 Å². The van der Waals surface area contributed by atoms with E-state index in [4.69, 9.17) is 69.6 Å². The maximum Gasteiger partial charge on any atom is 0.167 e. The lowest BCUT2D eigenvalue weighted by atomic mass is 9.73. The van der Waals surface area contributed by atoms with Crippen molar-refractivity contribution in [3.05, 3.63) is 45.5 Å². The Hall–Kier alpha value is 0.620. The quantitative estimate of drug-likeness (QED) is 0.581. The first kappa shape index (κ1) is 19.9. The Bertz CT molecular complexity index is 588. The van der Waals surface area contributed by atoms with Crippen LogP contribution in [-0.4, -0.2) is 31.1 Å². The van der Waals surface area contributed by atoms with Gasteiger partial charge in [0.15, 0.2) is 8.67 Å². The highest BCUT2D eigenvalue weighted by Gasteiger charge is 2.43. The van der Waals surface area contributed by atoms with Crippen molar-refractivity contribution >= 4 is 69.6 Å². The molecule has 2 aliphatic carbocycles. The summed E-state index contributed by atoms with van der Waals surface area (Å²) in [6, 6.07) is 0. The predicted molar refractivity (Wildman–Crippen MR) is 98.7 cm³/mol. The van der Waals surface area contributed by atoms with Crippen molar-refractivity contribution < 1.29 is 10.2 Å². The molecular weight excluding hydrogens is 425 g/mol. The SMILES string of the molecule is CC(C)(C1=CC(Cl)(Cl)C(O)C(Cl)=C1)C1=CC(Cl)(Cl)C(O)C(Cl)=C1. The van der Waals surface area contributed by atoms with Gasteiger partial charge in [-0.15, -0.1) is 0 Å². The van der Waals surface area contributed by atoms with E-state index in [0.717, 1.165) is 0 Å². The van der Waals surface area contributed by atoms with E-state index in [1.807, 2.05) is 13.8 Å². The van der Waals surface area contributed by atoms with Crippen molar-refractivity contribution in [1.29, 1.82) is 0 Å². The van der Waals surface area contributed by atoms with E-state index in [1.165, 1.54) is 12.2 Å². The molecule has 128 valence electrons. The number of aliphatic hydroxyl groups excluding tert-OH is 2. The average molecular weight is 439 g/mol. The van der Waals surface area contributed by atoms with Gasteiger partial charge in [-0.05, 0) is 35.5 Å². The van der Waals surface area contributed by atoms with Crippen LogP contribution in [0.3, 0.4) is 0 Å². The van der Waals surface area contributed by atoms with E-state index in [0.29, 0.717) is 11.1 Å². The third kappa shape index (κ3) is 3.75. The second kappa shape index (κ2) is 6.41. The normalized spacial score (nSPS) is 30.2. The molecule has 23 heavy (non-hydrogen) atoms. The van der Waals surface area contributed by atoms with Gasteiger partial charge in [0.05, 0.1) is 10.1 Å². The summed E-state index contributed by atoms with van der Waals surface area (Å²) in [7, 11) is 0.